The van der Waals surface area contributed by atoms with Crippen molar-refractivity contribution < 1.29 is 9.84 Å². The fourth-order valence-electron chi connectivity index (χ4n) is 4.85. The third kappa shape index (κ3) is 6.40. The number of nitrogens with two attached hydrogens (primary N) is 2. The number of hydrazine groups is 1. The number of rotatable bonds is 5. The second-order valence-electron chi connectivity index (χ2n) is 10.1. The highest BCUT2D eigenvalue weighted by Gasteiger charge is 2.25. The molecule has 0 unspecified atom stereocenters. The molecule has 7 nitrogen and oxygen atoms in total. The Hall–Kier alpha value is -2.43. The molecule has 1 aliphatic rings. The van der Waals surface area contributed by atoms with Gasteiger partial charge in [-0.15, -0.1) is 0 Å². The molecule has 3 heterocycles. The molecule has 2 aromatic heterocycles. The highest BCUT2D eigenvalue weighted by atomic mass is 79.9. The number of ether oxygens (including phenoxy) is 1. The minimum absolute atomic E-state index is 0.447. The smallest absolute Gasteiger partial charge is 0.101 e. The van der Waals surface area contributed by atoms with E-state index in [0.717, 1.165) is 70.1 Å². The van der Waals surface area contributed by atoms with Crippen molar-refractivity contribution in [3.05, 3.63) is 81.0 Å². The molecular formula is C29H35Br2N5O2. The van der Waals surface area contributed by atoms with Gasteiger partial charge in [-0.25, -0.2) is 5.84 Å². The van der Waals surface area contributed by atoms with Crippen molar-refractivity contribution in [3.8, 4) is 0 Å². The van der Waals surface area contributed by atoms with Crippen LogP contribution in [0.5, 0.6) is 0 Å². The van der Waals surface area contributed by atoms with Crippen molar-refractivity contribution in [2.24, 2.45) is 17.5 Å². The van der Waals surface area contributed by atoms with Crippen LogP contribution in [0.4, 0.5) is 0 Å². The average molecular weight is 645 g/mol. The molecule has 5 N–H and O–H groups in total. The van der Waals surface area contributed by atoms with Gasteiger partial charge in [-0.2, -0.15) is 0 Å². The maximum atomic E-state index is 10.7. The van der Waals surface area contributed by atoms with Gasteiger partial charge in [-0.3, -0.25) is 4.98 Å². The van der Waals surface area contributed by atoms with Crippen LogP contribution in [0.2, 0.25) is 0 Å². The summed E-state index contributed by atoms with van der Waals surface area (Å²) in [5.74, 6) is 6.56. The zero-order valence-electron chi connectivity index (χ0n) is 22.0. The maximum Gasteiger partial charge on any atom is 0.101 e. The van der Waals surface area contributed by atoms with Crippen molar-refractivity contribution in [1.82, 2.24) is 14.6 Å². The molecule has 1 fully saturated rings. The minimum atomic E-state index is -0.978. The van der Waals surface area contributed by atoms with Gasteiger partial charge < -0.3 is 25.2 Å². The number of pyridine rings is 1. The normalized spacial score (nSPS) is 15.2. The van der Waals surface area contributed by atoms with E-state index in [1.54, 1.807) is 27.1 Å². The Morgan fingerprint density at radius 1 is 1.11 bits per heavy atom. The Balaban J connectivity index is 0.000000494. The van der Waals surface area contributed by atoms with E-state index in [1.807, 2.05) is 36.4 Å². The monoisotopic (exact) mass is 643 g/mol. The number of benzene rings is 2. The molecule has 0 spiro atoms. The first-order valence-electron chi connectivity index (χ1n) is 12.6. The fourth-order valence-corrected chi connectivity index (χ4v) is 6.19. The van der Waals surface area contributed by atoms with E-state index < -0.39 is 5.60 Å². The number of aromatic nitrogens is 2. The highest BCUT2D eigenvalue weighted by molar-refractivity contribution is 9.11. The van der Waals surface area contributed by atoms with Crippen molar-refractivity contribution in [3.63, 3.8) is 0 Å². The summed E-state index contributed by atoms with van der Waals surface area (Å²) in [7, 11) is 1.75. The number of aliphatic hydroxyl groups is 1. The Bertz CT molecular complexity index is 1390. The summed E-state index contributed by atoms with van der Waals surface area (Å²) in [6.07, 6.45) is 3.84. The maximum absolute atomic E-state index is 10.7. The van der Waals surface area contributed by atoms with E-state index in [-0.39, 0.29) is 0 Å². The summed E-state index contributed by atoms with van der Waals surface area (Å²) < 4.78 is 9.20. The van der Waals surface area contributed by atoms with E-state index in [4.69, 9.17) is 21.3 Å². The summed E-state index contributed by atoms with van der Waals surface area (Å²) in [6.45, 7) is 6.03. The van der Waals surface area contributed by atoms with E-state index in [2.05, 4.69) is 54.6 Å². The summed E-state index contributed by atoms with van der Waals surface area (Å²) in [5.41, 5.74) is 10.4. The Kier molecular flexibility index (Phi) is 9.15. The zero-order chi connectivity index (χ0) is 27.4. The predicted molar refractivity (Wildman–Crippen MR) is 162 cm³/mol. The van der Waals surface area contributed by atoms with Gasteiger partial charge in [0.15, 0.2) is 0 Å². The van der Waals surface area contributed by atoms with Crippen LogP contribution >= 0.6 is 31.9 Å². The van der Waals surface area contributed by atoms with E-state index in [9.17, 15) is 5.11 Å². The minimum Gasteiger partial charge on any atom is -0.391 e. The lowest BCUT2D eigenvalue weighted by Crippen LogP contribution is -2.26. The van der Waals surface area contributed by atoms with E-state index in [1.165, 1.54) is 5.01 Å². The second-order valence-corrected chi connectivity index (χ2v) is 11.8. The van der Waals surface area contributed by atoms with Crippen LogP contribution in [0.25, 0.3) is 27.6 Å². The molecule has 0 bridgehead atoms. The van der Waals surface area contributed by atoms with Gasteiger partial charge >= 0.3 is 0 Å². The second kappa shape index (κ2) is 12.2. The molecule has 2 aromatic carbocycles. The molecule has 1 aliphatic heterocycles. The van der Waals surface area contributed by atoms with E-state index >= 15 is 0 Å². The molecule has 5 rings (SSSR count). The Morgan fingerprint density at radius 3 is 2.24 bits per heavy atom. The van der Waals surface area contributed by atoms with Crippen LogP contribution < -0.4 is 11.6 Å². The molecule has 0 amide bonds. The number of hydrogen-bond acceptors (Lipinski definition) is 6. The van der Waals surface area contributed by atoms with Gasteiger partial charge in [0.1, 0.15) is 4.61 Å². The Morgan fingerprint density at radius 2 is 1.71 bits per heavy atom. The molecule has 0 saturated carbocycles. The van der Waals surface area contributed by atoms with Gasteiger partial charge in [0.05, 0.1) is 27.8 Å². The van der Waals surface area contributed by atoms with E-state index in [0.29, 0.717) is 16.2 Å². The number of fused-ring (bicyclic) bond motifs is 3. The molecule has 202 valence electrons. The first-order valence-corrected chi connectivity index (χ1v) is 14.2. The molecule has 0 radical (unpaired) electrons. The van der Waals surface area contributed by atoms with Gasteiger partial charge in [0.2, 0.25) is 0 Å². The van der Waals surface area contributed by atoms with Crippen LogP contribution in [0.1, 0.15) is 37.8 Å². The van der Waals surface area contributed by atoms with Crippen molar-refractivity contribution in [1.29, 1.82) is 0 Å². The number of halogens is 2. The molecule has 1 saturated heterocycles. The summed E-state index contributed by atoms with van der Waals surface area (Å²) in [5, 5.41) is 13.3. The largest absolute Gasteiger partial charge is 0.391 e. The van der Waals surface area contributed by atoms with Crippen molar-refractivity contribution >= 4 is 59.5 Å². The number of hydrogen-bond donors (Lipinski definition) is 3. The standard InChI is InChI=1S/C23H29Br2N5O2.C6H6/c1-23(2,31)16-10-18-15(9-17(16)24)20-19(30(18)12-13-4-6-32-7-5-13)8-14(11-28-20)21(22(25)26)29(3)27;1-2-4-6-5-3-1/h8-11,13,31H,4-7,12,26-27H2,1-3H3;1-6H/b22-21-;. The lowest BCUT2D eigenvalue weighted by molar-refractivity contribution is 0.0619. The molecular weight excluding hydrogens is 610 g/mol. The SMILES string of the molecule is CN(N)/C(=C(\N)Br)c1cnc2c3cc(Br)c(C(C)(C)O)cc3n(CC3CCOCC3)c2c1.c1ccccc1. The van der Waals surface area contributed by atoms with Crippen LogP contribution in [0.15, 0.2) is 69.9 Å². The van der Waals surface area contributed by atoms with Gasteiger partial charge in [0, 0.05) is 48.4 Å². The third-order valence-electron chi connectivity index (χ3n) is 6.75. The van der Waals surface area contributed by atoms with Gasteiger partial charge in [-0.1, -0.05) is 52.3 Å². The molecule has 4 aromatic rings. The predicted octanol–water partition coefficient (Wildman–Crippen LogP) is 6.08. The Labute approximate surface area is 240 Å². The van der Waals surface area contributed by atoms with Crippen LogP contribution in [0, 0.1) is 5.92 Å². The van der Waals surface area contributed by atoms with Crippen molar-refractivity contribution in [2.75, 3.05) is 20.3 Å². The molecule has 0 atom stereocenters. The fraction of sp³-hybridized carbons (Fsp3) is 0.345. The lowest BCUT2D eigenvalue weighted by Gasteiger charge is -2.24. The zero-order valence-corrected chi connectivity index (χ0v) is 25.2. The summed E-state index contributed by atoms with van der Waals surface area (Å²) in [6, 6.07) is 18.2. The average Bonchev–Trinajstić information content (AvgIpc) is 3.16. The van der Waals surface area contributed by atoms with Crippen LogP contribution in [0.3, 0.4) is 0 Å². The highest BCUT2D eigenvalue weighted by Crippen LogP contribution is 2.38. The van der Waals surface area contributed by atoms with Gasteiger partial charge in [0.25, 0.3) is 0 Å². The topological polar surface area (TPSA) is 103 Å². The first kappa shape index (κ1) is 28.6. The molecule has 38 heavy (non-hydrogen) atoms. The third-order valence-corrected chi connectivity index (χ3v) is 7.78. The first-order chi connectivity index (χ1) is 18.1. The quantitative estimate of drug-likeness (QED) is 0.138. The lowest BCUT2D eigenvalue weighted by atomic mass is 9.97. The van der Waals surface area contributed by atoms with Crippen LogP contribution in [-0.4, -0.2) is 39.9 Å². The molecule has 0 aliphatic carbocycles. The number of nitrogens with zero attached hydrogens (tertiary/aromatic N) is 3. The van der Waals surface area contributed by atoms with Crippen LogP contribution in [-0.2, 0) is 16.9 Å². The molecule has 9 heteroatoms. The van der Waals surface area contributed by atoms with Gasteiger partial charge in [-0.05, 0) is 72.3 Å². The summed E-state index contributed by atoms with van der Waals surface area (Å²) >= 11 is 7.02. The van der Waals surface area contributed by atoms with Crippen molar-refractivity contribution in [2.45, 2.75) is 38.8 Å². The summed E-state index contributed by atoms with van der Waals surface area (Å²) in [4.78, 5) is 4.82.